The molecule has 1 aromatic rings. The van der Waals surface area contributed by atoms with E-state index in [9.17, 15) is 0 Å². The summed E-state index contributed by atoms with van der Waals surface area (Å²) in [5.74, 6) is 0. The Hall–Kier alpha value is -0.930. The van der Waals surface area contributed by atoms with Gasteiger partial charge in [0, 0.05) is 32.0 Å². The number of hydrogen-bond donors (Lipinski definition) is 1. The van der Waals surface area contributed by atoms with Gasteiger partial charge in [0.2, 0.25) is 0 Å². The lowest BCUT2D eigenvalue weighted by molar-refractivity contribution is 0.300. The molecule has 0 aliphatic carbocycles. The smallest absolute Gasteiger partial charge is 0.0300 e. The van der Waals surface area contributed by atoms with E-state index in [0.717, 1.165) is 32.6 Å². The summed E-state index contributed by atoms with van der Waals surface area (Å²) >= 11 is 0. The third-order valence-electron chi connectivity index (χ3n) is 2.33. The van der Waals surface area contributed by atoms with Crippen molar-refractivity contribution in [1.82, 2.24) is 9.88 Å². The molecule has 1 aromatic heterocycles. The molecule has 0 fully saturated rings. The predicted octanol–water partition coefficient (Wildman–Crippen LogP) is 0.905. The van der Waals surface area contributed by atoms with Crippen LogP contribution in [0.25, 0.3) is 0 Å². The molecule has 0 aromatic carbocycles. The van der Waals surface area contributed by atoms with Gasteiger partial charge in [-0.3, -0.25) is 4.98 Å². The number of pyridine rings is 1. The molecule has 0 atom stereocenters. The van der Waals surface area contributed by atoms with Crippen molar-refractivity contribution in [2.24, 2.45) is 5.73 Å². The molecule has 1 rings (SSSR count). The van der Waals surface area contributed by atoms with Crippen molar-refractivity contribution in [3.63, 3.8) is 0 Å². The molecule has 0 aliphatic rings. The second kappa shape index (κ2) is 6.51. The van der Waals surface area contributed by atoms with Crippen LogP contribution in [-0.2, 0) is 6.42 Å². The van der Waals surface area contributed by atoms with Crippen LogP contribution < -0.4 is 5.73 Å². The van der Waals surface area contributed by atoms with Crippen LogP contribution in [0.15, 0.2) is 24.5 Å². The molecular weight excluding hydrogens is 174 g/mol. The van der Waals surface area contributed by atoms with E-state index in [2.05, 4.69) is 22.9 Å². The maximum Gasteiger partial charge on any atom is 0.0300 e. The van der Waals surface area contributed by atoms with Gasteiger partial charge < -0.3 is 10.6 Å². The van der Waals surface area contributed by atoms with E-state index in [0.29, 0.717) is 0 Å². The fraction of sp³-hybridized carbons (Fsp3) is 0.545. The molecule has 78 valence electrons. The minimum absolute atomic E-state index is 0.737. The largest absolute Gasteiger partial charge is 0.329 e. The van der Waals surface area contributed by atoms with Crippen molar-refractivity contribution in [1.29, 1.82) is 0 Å². The Kier molecular flexibility index (Phi) is 5.19. The molecule has 0 saturated carbocycles. The molecule has 3 heteroatoms. The standard InChI is InChI=1S/C11H19N3/c1-2-14(9-6-12)8-5-11-4-3-7-13-10-11/h3-4,7,10H,2,5-6,8-9,12H2,1H3. The van der Waals surface area contributed by atoms with Crippen LogP contribution in [0.2, 0.25) is 0 Å². The summed E-state index contributed by atoms with van der Waals surface area (Å²) in [6.45, 7) is 6.02. The molecule has 0 spiro atoms. The van der Waals surface area contributed by atoms with Gasteiger partial charge >= 0.3 is 0 Å². The van der Waals surface area contributed by atoms with Gasteiger partial charge in [-0.1, -0.05) is 13.0 Å². The maximum absolute atomic E-state index is 5.52. The normalized spacial score (nSPS) is 10.8. The van der Waals surface area contributed by atoms with Crippen molar-refractivity contribution in [2.45, 2.75) is 13.3 Å². The van der Waals surface area contributed by atoms with Crippen LogP contribution in [0.5, 0.6) is 0 Å². The average molecular weight is 193 g/mol. The number of likely N-dealkylation sites (N-methyl/N-ethyl adjacent to an activating group) is 1. The first-order chi connectivity index (χ1) is 6.86. The first-order valence-electron chi connectivity index (χ1n) is 5.18. The highest BCUT2D eigenvalue weighted by atomic mass is 15.1. The quantitative estimate of drug-likeness (QED) is 0.730. The predicted molar refractivity (Wildman–Crippen MR) is 59.1 cm³/mol. The van der Waals surface area contributed by atoms with Crippen LogP contribution in [0.3, 0.4) is 0 Å². The van der Waals surface area contributed by atoms with Gasteiger partial charge in [0.05, 0.1) is 0 Å². The summed E-state index contributed by atoms with van der Waals surface area (Å²) in [5.41, 5.74) is 6.81. The fourth-order valence-electron chi connectivity index (χ4n) is 1.44. The van der Waals surface area contributed by atoms with Gasteiger partial charge in [-0.05, 0) is 24.6 Å². The van der Waals surface area contributed by atoms with E-state index >= 15 is 0 Å². The first-order valence-corrected chi connectivity index (χ1v) is 5.18. The van der Waals surface area contributed by atoms with E-state index in [1.807, 2.05) is 12.3 Å². The van der Waals surface area contributed by atoms with Crippen LogP contribution in [-0.4, -0.2) is 36.1 Å². The zero-order valence-electron chi connectivity index (χ0n) is 8.82. The number of aromatic nitrogens is 1. The molecule has 1 heterocycles. The second-order valence-electron chi connectivity index (χ2n) is 3.33. The van der Waals surface area contributed by atoms with Gasteiger partial charge in [0.15, 0.2) is 0 Å². The molecule has 0 bridgehead atoms. The summed E-state index contributed by atoms with van der Waals surface area (Å²) in [5, 5.41) is 0. The van der Waals surface area contributed by atoms with Gasteiger partial charge in [-0.2, -0.15) is 0 Å². The highest BCUT2D eigenvalue weighted by Gasteiger charge is 2.00. The second-order valence-corrected chi connectivity index (χ2v) is 3.33. The zero-order valence-corrected chi connectivity index (χ0v) is 8.82. The first kappa shape index (κ1) is 11.1. The summed E-state index contributed by atoms with van der Waals surface area (Å²) in [6, 6.07) is 4.10. The Morgan fingerprint density at radius 2 is 2.29 bits per heavy atom. The minimum Gasteiger partial charge on any atom is -0.329 e. The number of nitrogens with zero attached hydrogens (tertiary/aromatic N) is 2. The molecule has 0 aliphatic heterocycles. The number of hydrogen-bond acceptors (Lipinski definition) is 3. The van der Waals surface area contributed by atoms with E-state index in [-0.39, 0.29) is 0 Å². The Bertz CT molecular complexity index is 236. The van der Waals surface area contributed by atoms with Crippen LogP contribution >= 0.6 is 0 Å². The van der Waals surface area contributed by atoms with Crippen molar-refractivity contribution in [3.05, 3.63) is 30.1 Å². The zero-order chi connectivity index (χ0) is 10.2. The van der Waals surface area contributed by atoms with Crippen molar-refractivity contribution >= 4 is 0 Å². The molecule has 0 unspecified atom stereocenters. The summed E-state index contributed by atoms with van der Waals surface area (Å²) < 4.78 is 0. The van der Waals surface area contributed by atoms with Gasteiger partial charge in [0.1, 0.15) is 0 Å². The summed E-state index contributed by atoms with van der Waals surface area (Å²) in [4.78, 5) is 6.45. The third kappa shape index (κ3) is 3.85. The Labute approximate surface area is 85.9 Å². The summed E-state index contributed by atoms with van der Waals surface area (Å²) in [7, 11) is 0. The number of nitrogens with two attached hydrogens (primary N) is 1. The SMILES string of the molecule is CCN(CCN)CCc1cccnc1. The Morgan fingerprint density at radius 3 is 2.86 bits per heavy atom. The minimum atomic E-state index is 0.737. The number of rotatable bonds is 6. The van der Waals surface area contributed by atoms with Crippen LogP contribution in [0, 0.1) is 0 Å². The Morgan fingerprint density at radius 1 is 1.43 bits per heavy atom. The molecule has 3 nitrogen and oxygen atoms in total. The van der Waals surface area contributed by atoms with Gasteiger partial charge in [0.25, 0.3) is 0 Å². The molecule has 14 heavy (non-hydrogen) atoms. The van der Waals surface area contributed by atoms with E-state index < -0.39 is 0 Å². The van der Waals surface area contributed by atoms with Crippen LogP contribution in [0.1, 0.15) is 12.5 Å². The van der Waals surface area contributed by atoms with Crippen LogP contribution in [0.4, 0.5) is 0 Å². The highest BCUT2D eigenvalue weighted by molar-refractivity contribution is 5.08. The summed E-state index contributed by atoms with van der Waals surface area (Å²) in [6.07, 6.45) is 4.79. The van der Waals surface area contributed by atoms with Crippen molar-refractivity contribution in [3.8, 4) is 0 Å². The average Bonchev–Trinajstić information content (AvgIpc) is 2.25. The van der Waals surface area contributed by atoms with Gasteiger partial charge in [-0.25, -0.2) is 0 Å². The monoisotopic (exact) mass is 193 g/mol. The highest BCUT2D eigenvalue weighted by Crippen LogP contribution is 1.98. The molecule has 0 radical (unpaired) electrons. The molecular formula is C11H19N3. The van der Waals surface area contributed by atoms with E-state index in [1.54, 1.807) is 6.20 Å². The Balaban J connectivity index is 2.32. The van der Waals surface area contributed by atoms with E-state index in [4.69, 9.17) is 5.73 Å². The lowest BCUT2D eigenvalue weighted by Crippen LogP contribution is -2.31. The van der Waals surface area contributed by atoms with Crippen molar-refractivity contribution in [2.75, 3.05) is 26.2 Å². The van der Waals surface area contributed by atoms with Gasteiger partial charge in [-0.15, -0.1) is 0 Å². The third-order valence-corrected chi connectivity index (χ3v) is 2.33. The lowest BCUT2D eigenvalue weighted by atomic mass is 10.2. The topological polar surface area (TPSA) is 42.1 Å². The molecule has 2 N–H and O–H groups in total. The van der Waals surface area contributed by atoms with Crippen molar-refractivity contribution < 1.29 is 0 Å². The fourth-order valence-corrected chi connectivity index (χ4v) is 1.44. The lowest BCUT2D eigenvalue weighted by Gasteiger charge is -2.18. The molecule has 0 saturated heterocycles. The van der Waals surface area contributed by atoms with E-state index in [1.165, 1.54) is 5.56 Å². The molecule has 0 amide bonds. The maximum atomic E-state index is 5.52.